The molecule has 0 heterocycles. The number of nitrogens with one attached hydrogen (secondary N) is 1. The molecule has 0 fully saturated rings. The van der Waals surface area contributed by atoms with E-state index < -0.39 is 0 Å². The molecule has 0 radical (unpaired) electrons. The van der Waals surface area contributed by atoms with Crippen LogP contribution in [0.2, 0.25) is 0 Å². The van der Waals surface area contributed by atoms with Gasteiger partial charge in [0.1, 0.15) is 0 Å². The molecule has 106 valence electrons. The lowest BCUT2D eigenvalue weighted by atomic mass is 10.00. The molecule has 1 N–H and O–H groups in total. The SMILES string of the molecule is CC(C)CONC(Cc1ccccc1)c1ccccc1. The second-order valence-corrected chi connectivity index (χ2v) is 5.48. The van der Waals surface area contributed by atoms with E-state index in [2.05, 4.69) is 67.9 Å². The summed E-state index contributed by atoms with van der Waals surface area (Å²) in [5.74, 6) is 0.524. The summed E-state index contributed by atoms with van der Waals surface area (Å²) in [7, 11) is 0. The average Bonchev–Trinajstić information content (AvgIpc) is 2.48. The van der Waals surface area contributed by atoms with Crippen LogP contribution in [0.4, 0.5) is 0 Å². The van der Waals surface area contributed by atoms with E-state index in [-0.39, 0.29) is 6.04 Å². The van der Waals surface area contributed by atoms with Crippen LogP contribution in [0.25, 0.3) is 0 Å². The number of benzene rings is 2. The maximum absolute atomic E-state index is 5.63. The molecule has 0 spiro atoms. The van der Waals surface area contributed by atoms with E-state index in [1.807, 2.05) is 12.1 Å². The first kappa shape index (κ1) is 14.8. The fourth-order valence-corrected chi connectivity index (χ4v) is 2.08. The van der Waals surface area contributed by atoms with E-state index in [1.54, 1.807) is 0 Å². The Morgan fingerprint density at radius 1 is 0.900 bits per heavy atom. The molecule has 0 aromatic heterocycles. The van der Waals surface area contributed by atoms with E-state index in [1.165, 1.54) is 11.1 Å². The number of rotatable bonds is 7. The summed E-state index contributed by atoms with van der Waals surface area (Å²) < 4.78 is 0. The third-order valence-electron chi connectivity index (χ3n) is 3.13. The molecule has 0 aliphatic carbocycles. The molecule has 0 bridgehead atoms. The Labute approximate surface area is 121 Å². The number of hydrogen-bond donors (Lipinski definition) is 1. The van der Waals surface area contributed by atoms with E-state index in [4.69, 9.17) is 4.84 Å². The van der Waals surface area contributed by atoms with Gasteiger partial charge < -0.3 is 4.84 Å². The van der Waals surface area contributed by atoms with Crippen LogP contribution in [0.1, 0.15) is 31.0 Å². The minimum absolute atomic E-state index is 0.178. The molecule has 20 heavy (non-hydrogen) atoms. The number of hydroxylamine groups is 1. The lowest BCUT2D eigenvalue weighted by Gasteiger charge is -2.20. The van der Waals surface area contributed by atoms with Crippen molar-refractivity contribution in [3.63, 3.8) is 0 Å². The Morgan fingerprint density at radius 2 is 1.50 bits per heavy atom. The molecule has 2 rings (SSSR count). The molecule has 1 unspecified atom stereocenters. The zero-order valence-corrected chi connectivity index (χ0v) is 12.3. The molecule has 0 saturated heterocycles. The van der Waals surface area contributed by atoms with Crippen LogP contribution in [0.15, 0.2) is 60.7 Å². The van der Waals surface area contributed by atoms with Crippen molar-refractivity contribution in [2.45, 2.75) is 26.3 Å². The normalized spacial score (nSPS) is 12.6. The van der Waals surface area contributed by atoms with Crippen LogP contribution in [-0.4, -0.2) is 6.61 Å². The maximum Gasteiger partial charge on any atom is 0.0705 e. The van der Waals surface area contributed by atoms with Crippen molar-refractivity contribution in [2.24, 2.45) is 5.92 Å². The smallest absolute Gasteiger partial charge is 0.0705 e. The van der Waals surface area contributed by atoms with Crippen LogP contribution >= 0.6 is 0 Å². The molecule has 2 heteroatoms. The Kier molecular flexibility index (Phi) is 5.78. The molecule has 0 aliphatic rings. The maximum atomic E-state index is 5.63. The van der Waals surface area contributed by atoms with Crippen molar-refractivity contribution in [3.05, 3.63) is 71.8 Å². The van der Waals surface area contributed by atoms with Gasteiger partial charge in [0, 0.05) is 0 Å². The summed E-state index contributed by atoms with van der Waals surface area (Å²) in [4.78, 5) is 5.63. The minimum atomic E-state index is 0.178. The first-order valence-electron chi connectivity index (χ1n) is 7.22. The van der Waals surface area contributed by atoms with Gasteiger partial charge in [0.2, 0.25) is 0 Å². The first-order chi connectivity index (χ1) is 9.75. The lowest BCUT2D eigenvalue weighted by Crippen LogP contribution is -2.25. The summed E-state index contributed by atoms with van der Waals surface area (Å²) in [5, 5.41) is 0. The highest BCUT2D eigenvalue weighted by Gasteiger charge is 2.12. The van der Waals surface area contributed by atoms with Crippen LogP contribution in [-0.2, 0) is 11.3 Å². The molecular formula is C18H23NO. The highest BCUT2D eigenvalue weighted by Crippen LogP contribution is 2.18. The van der Waals surface area contributed by atoms with Gasteiger partial charge >= 0.3 is 0 Å². The highest BCUT2D eigenvalue weighted by atomic mass is 16.6. The van der Waals surface area contributed by atoms with Gasteiger partial charge in [-0.2, -0.15) is 5.48 Å². The summed E-state index contributed by atoms with van der Waals surface area (Å²) in [5.41, 5.74) is 5.77. The van der Waals surface area contributed by atoms with Gasteiger partial charge in [-0.25, -0.2) is 0 Å². The average molecular weight is 269 g/mol. The molecular weight excluding hydrogens is 246 g/mol. The van der Waals surface area contributed by atoms with Crippen LogP contribution < -0.4 is 5.48 Å². The van der Waals surface area contributed by atoms with Crippen LogP contribution in [0.5, 0.6) is 0 Å². The van der Waals surface area contributed by atoms with E-state index in [0.29, 0.717) is 5.92 Å². The predicted molar refractivity (Wildman–Crippen MR) is 83.3 cm³/mol. The summed E-state index contributed by atoms with van der Waals surface area (Å²) >= 11 is 0. The van der Waals surface area contributed by atoms with Gasteiger partial charge in [-0.05, 0) is 23.5 Å². The standard InChI is InChI=1S/C18H23NO/c1-15(2)14-20-19-18(17-11-7-4-8-12-17)13-16-9-5-3-6-10-16/h3-12,15,18-19H,13-14H2,1-2H3. The second kappa shape index (κ2) is 7.83. The fraction of sp³-hybridized carbons (Fsp3) is 0.333. The van der Waals surface area contributed by atoms with E-state index >= 15 is 0 Å². The minimum Gasteiger partial charge on any atom is -0.301 e. The Bertz CT molecular complexity index is 481. The zero-order chi connectivity index (χ0) is 14.2. The predicted octanol–water partition coefficient (Wildman–Crippen LogP) is 4.15. The summed E-state index contributed by atoms with van der Waals surface area (Å²) in [6, 6.07) is 21.1. The molecule has 1 atom stereocenters. The summed E-state index contributed by atoms with van der Waals surface area (Å²) in [6.07, 6.45) is 0.920. The lowest BCUT2D eigenvalue weighted by molar-refractivity contribution is 0.000255. The van der Waals surface area contributed by atoms with Crippen LogP contribution in [0.3, 0.4) is 0 Å². The van der Waals surface area contributed by atoms with Crippen molar-refractivity contribution in [3.8, 4) is 0 Å². The molecule has 0 saturated carbocycles. The highest BCUT2D eigenvalue weighted by molar-refractivity contribution is 5.23. The monoisotopic (exact) mass is 269 g/mol. The van der Waals surface area contributed by atoms with Crippen molar-refractivity contribution in [1.82, 2.24) is 5.48 Å². The van der Waals surface area contributed by atoms with Crippen molar-refractivity contribution >= 4 is 0 Å². The fourth-order valence-electron chi connectivity index (χ4n) is 2.08. The van der Waals surface area contributed by atoms with Gasteiger partial charge in [0.15, 0.2) is 0 Å². The van der Waals surface area contributed by atoms with Gasteiger partial charge in [-0.3, -0.25) is 0 Å². The molecule has 2 aromatic rings. The Hall–Kier alpha value is -1.64. The quantitative estimate of drug-likeness (QED) is 0.762. The zero-order valence-electron chi connectivity index (χ0n) is 12.3. The third-order valence-corrected chi connectivity index (χ3v) is 3.13. The van der Waals surface area contributed by atoms with E-state index in [0.717, 1.165) is 13.0 Å². The van der Waals surface area contributed by atoms with Gasteiger partial charge in [0.25, 0.3) is 0 Å². The Morgan fingerprint density at radius 3 is 2.10 bits per heavy atom. The van der Waals surface area contributed by atoms with Crippen LogP contribution in [0, 0.1) is 5.92 Å². The van der Waals surface area contributed by atoms with Gasteiger partial charge in [0.05, 0.1) is 12.6 Å². The van der Waals surface area contributed by atoms with E-state index in [9.17, 15) is 0 Å². The third kappa shape index (κ3) is 4.80. The van der Waals surface area contributed by atoms with Gasteiger partial charge in [-0.15, -0.1) is 0 Å². The molecule has 2 nitrogen and oxygen atoms in total. The summed E-state index contributed by atoms with van der Waals surface area (Å²) in [6.45, 7) is 5.02. The van der Waals surface area contributed by atoms with Crippen molar-refractivity contribution in [1.29, 1.82) is 0 Å². The largest absolute Gasteiger partial charge is 0.301 e. The van der Waals surface area contributed by atoms with Crippen molar-refractivity contribution < 1.29 is 4.84 Å². The second-order valence-electron chi connectivity index (χ2n) is 5.48. The molecule has 0 amide bonds. The molecule has 2 aromatic carbocycles. The number of hydrogen-bond acceptors (Lipinski definition) is 2. The van der Waals surface area contributed by atoms with Gasteiger partial charge in [-0.1, -0.05) is 74.5 Å². The first-order valence-corrected chi connectivity index (χ1v) is 7.22. The Balaban J connectivity index is 2.04. The van der Waals surface area contributed by atoms with Crippen molar-refractivity contribution in [2.75, 3.05) is 6.61 Å². The topological polar surface area (TPSA) is 21.3 Å². The molecule has 0 aliphatic heterocycles.